The van der Waals surface area contributed by atoms with Crippen molar-refractivity contribution >= 4 is 11.5 Å². The van der Waals surface area contributed by atoms with Crippen molar-refractivity contribution in [2.24, 2.45) is 0 Å². The summed E-state index contributed by atoms with van der Waals surface area (Å²) in [6.45, 7) is 5.33. The summed E-state index contributed by atoms with van der Waals surface area (Å²) in [7, 11) is 0. The molecule has 0 aliphatic heterocycles. The predicted molar refractivity (Wildman–Crippen MR) is 63.6 cm³/mol. The zero-order valence-corrected chi connectivity index (χ0v) is 10.1. The maximum atomic E-state index is 11.5. The van der Waals surface area contributed by atoms with Crippen LogP contribution in [-0.2, 0) is 6.42 Å². The summed E-state index contributed by atoms with van der Waals surface area (Å²) in [6, 6.07) is 3.12. The van der Waals surface area contributed by atoms with E-state index in [0.29, 0.717) is 18.8 Å². The zero-order chi connectivity index (χ0) is 13.0. The predicted octanol–water partition coefficient (Wildman–Crippen LogP) is 2.76. The van der Waals surface area contributed by atoms with Crippen LogP contribution in [0.1, 0.15) is 36.7 Å². The van der Waals surface area contributed by atoms with Gasteiger partial charge in [0, 0.05) is 6.07 Å². The van der Waals surface area contributed by atoms with Gasteiger partial charge >= 0.3 is 0 Å². The molecule has 92 valence electrons. The average molecular weight is 237 g/mol. The molecule has 0 saturated heterocycles. The second-order valence-electron chi connectivity index (χ2n) is 3.59. The van der Waals surface area contributed by atoms with Crippen LogP contribution in [0.4, 0.5) is 5.69 Å². The van der Waals surface area contributed by atoms with Gasteiger partial charge in [0.2, 0.25) is 0 Å². The van der Waals surface area contributed by atoms with Crippen LogP contribution in [0.15, 0.2) is 12.1 Å². The third kappa shape index (κ3) is 2.81. The Kier molecular flexibility index (Phi) is 4.20. The van der Waals surface area contributed by atoms with E-state index in [1.807, 2.05) is 6.92 Å². The van der Waals surface area contributed by atoms with Crippen LogP contribution < -0.4 is 4.74 Å². The third-order valence-corrected chi connectivity index (χ3v) is 2.40. The van der Waals surface area contributed by atoms with E-state index < -0.39 is 4.92 Å². The van der Waals surface area contributed by atoms with Gasteiger partial charge in [-0.2, -0.15) is 0 Å². The van der Waals surface area contributed by atoms with E-state index in [0.717, 1.165) is 5.56 Å². The van der Waals surface area contributed by atoms with Gasteiger partial charge in [0.15, 0.2) is 5.78 Å². The van der Waals surface area contributed by atoms with Gasteiger partial charge in [0.05, 0.1) is 11.5 Å². The van der Waals surface area contributed by atoms with E-state index in [1.165, 1.54) is 13.0 Å². The van der Waals surface area contributed by atoms with Gasteiger partial charge in [-0.25, -0.2) is 0 Å². The smallest absolute Gasteiger partial charge is 0.284 e. The third-order valence-electron chi connectivity index (χ3n) is 2.40. The highest BCUT2D eigenvalue weighted by atomic mass is 16.6. The number of carbonyl (C=O) groups is 1. The molecule has 1 aromatic rings. The fraction of sp³-hybridized carbons (Fsp3) is 0.417. The van der Waals surface area contributed by atoms with Crippen LogP contribution in [0.25, 0.3) is 0 Å². The molecule has 1 aromatic carbocycles. The maximum absolute atomic E-state index is 11.5. The van der Waals surface area contributed by atoms with Gasteiger partial charge < -0.3 is 4.74 Å². The van der Waals surface area contributed by atoms with Crippen molar-refractivity contribution in [2.45, 2.75) is 27.2 Å². The van der Waals surface area contributed by atoms with Crippen LogP contribution in [0, 0.1) is 10.1 Å². The first-order valence-electron chi connectivity index (χ1n) is 5.46. The number of nitrogens with zero attached hydrogens (tertiary/aromatic N) is 1. The van der Waals surface area contributed by atoms with Gasteiger partial charge in [-0.15, -0.1) is 0 Å². The summed E-state index contributed by atoms with van der Waals surface area (Å²) in [6.07, 6.45) is 0.652. The number of aryl methyl sites for hydroxylation is 1. The molecule has 0 radical (unpaired) electrons. The number of ketones is 1. The molecule has 17 heavy (non-hydrogen) atoms. The Morgan fingerprint density at radius 3 is 2.47 bits per heavy atom. The van der Waals surface area contributed by atoms with Gasteiger partial charge in [0.1, 0.15) is 11.3 Å². The lowest BCUT2D eigenvalue weighted by Gasteiger charge is -2.10. The summed E-state index contributed by atoms with van der Waals surface area (Å²) < 4.78 is 5.31. The Morgan fingerprint density at radius 2 is 2.06 bits per heavy atom. The minimum Gasteiger partial charge on any atom is -0.493 e. The molecule has 0 bridgehead atoms. The number of nitro benzene ring substituents is 1. The summed E-state index contributed by atoms with van der Waals surface area (Å²) in [5, 5.41) is 10.9. The van der Waals surface area contributed by atoms with Gasteiger partial charge in [-0.05, 0) is 31.9 Å². The number of ether oxygens (including phenoxy) is 1. The molecule has 0 amide bonds. The molecule has 0 aromatic heterocycles. The molecule has 5 heteroatoms. The van der Waals surface area contributed by atoms with E-state index in [1.54, 1.807) is 13.0 Å². The minimum atomic E-state index is -0.543. The van der Waals surface area contributed by atoms with E-state index in [9.17, 15) is 14.9 Å². The second kappa shape index (κ2) is 5.43. The van der Waals surface area contributed by atoms with Crippen LogP contribution in [-0.4, -0.2) is 17.3 Å². The monoisotopic (exact) mass is 237 g/mol. The highest BCUT2D eigenvalue weighted by molar-refractivity contribution is 6.01. The number of hydrogen-bond donors (Lipinski definition) is 0. The van der Waals surface area contributed by atoms with Crippen molar-refractivity contribution in [3.8, 4) is 5.75 Å². The SMILES string of the molecule is CCOc1cc(CC)cc([N+](=O)[O-])c1C(C)=O. The van der Waals surface area contributed by atoms with Crippen molar-refractivity contribution < 1.29 is 14.5 Å². The summed E-state index contributed by atoms with van der Waals surface area (Å²) in [4.78, 5) is 21.9. The molecule has 0 aliphatic rings. The maximum Gasteiger partial charge on any atom is 0.284 e. The van der Waals surface area contributed by atoms with Gasteiger partial charge in [0.25, 0.3) is 5.69 Å². The molecule has 0 atom stereocenters. The first-order valence-corrected chi connectivity index (χ1v) is 5.46. The van der Waals surface area contributed by atoms with Crippen molar-refractivity contribution in [2.75, 3.05) is 6.61 Å². The largest absolute Gasteiger partial charge is 0.493 e. The van der Waals surface area contributed by atoms with E-state index in [4.69, 9.17) is 4.74 Å². The second-order valence-corrected chi connectivity index (χ2v) is 3.59. The van der Waals surface area contributed by atoms with Crippen molar-refractivity contribution in [1.29, 1.82) is 0 Å². The molecular weight excluding hydrogens is 222 g/mol. The molecule has 0 heterocycles. The molecular formula is C12H15NO4. The molecule has 5 nitrogen and oxygen atoms in total. The Morgan fingerprint density at radius 1 is 1.41 bits per heavy atom. The van der Waals surface area contributed by atoms with Crippen LogP contribution in [0.2, 0.25) is 0 Å². The minimum absolute atomic E-state index is 0.0500. The summed E-state index contributed by atoms with van der Waals surface area (Å²) in [5.41, 5.74) is 0.652. The van der Waals surface area contributed by atoms with Crippen LogP contribution >= 0.6 is 0 Å². The number of benzene rings is 1. The lowest BCUT2D eigenvalue weighted by molar-refractivity contribution is -0.385. The van der Waals surface area contributed by atoms with Gasteiger partial charge in [-0.3, -0.25) is 14.9 Å². The Labute approximate surface area is 99.5 Å². The Hall–Kier alpha value is -1.91. The molecule has 0 saturated carbocycles. The van der Waals surface area contributed by atoms with E-state index in [-0.39, 0.29) is 17.0 Å². The molecule has 0 N–H and O–H groups in total. The van der Waals surface area contributed by atoms with Crippen molar-refractivity contribution in [3.05, 3.63) is 33.4 Å². The number of nitro groups is 1. The number of rotatable bonds is 5. The summed E-state index contributed by atoms with van der Waals surface area (Å²) in [5.74, 6) is -0.0612. The Balaban J connectivity index is 3.49. The van der Waals surface area contributed by atoms with Gasteiger partial charge in [-0.1, -0.05) is 6.92 Å². The lowest BCUT2D eigenvalue weighted by atomic mass is 10.0. The fourth-order valence-electron chi connectivity index (χ4n) is 1.63. The summed E-state index contributed by atoms with van der Waals surface area (Å²) >= 11 is 0. The Bertz CT molecular complexity index is 454. The number of carbonyl (C=O) groups excluding carboxylic acids is 1. The normalized spacial score (nSPS) is 10.1. The highest BCUT2D eigenvalue weighted by Gasteiger charge is 2.23. The molecule has 0 fully saturated rings. The average Bonchev–Trinajstić information content (AvgIpc) is 2.27. The quantitative estimate of drug-likeness (QED) is 0.448. The zero-order valence-electron chi connectivity index (χ0n) is 10.1. The topological polar surface area (TPSA) is 69.4 Å². The van der Waals surface area contributed by atoms with Crippen LogP contribution in [0.3, 0.4) is 0 Å². The van der Waals surface area contributed by atoms with Crippen molar-refractivity contribution in [1.82, 2.24) is 0 Å². The van der Waals surface area contributed by atoms with E-state index >= 15 is 0 Å². The molecule has 1 rings (SSSR count). The van der Waals surface area contributed by atoms with Crippen molar-refractivity contribution in [3.63, 3.8) is 0 Å². The molecule has 0 unspecified atom stereocenters. The fourth-order valence-corrected chi connectivity index (χ4v) is 1.63. The molecule has 0 spiro atoms. The lowest BCUT2D eigenvalue weighted by Crippen LogP contribution is -2.06. The number of hydrogen-bond acceptors (Lipinski definition) is 4. The van der Waals surface area contributed by atoms with E-state index in [2.05, 4.69) is 0 Å². The first kappa shape index (κ1) is 13.2. The molecule has 0 aliphatic carbocycles. The number of Topliss-reactive ketones (excluding diaryl/α,β-unsaturated/α-hetero) is 1. The first-order chi connectivity index (χ1) is 8.01. The standard InChI is InChI=1S/C12H15NO4/c1-4-9-6-10(13(15)16)12(8(3)14)11(7-9)17-5-2/h6-7H,4-5H2,1-3H3. The van der Waals surface area contributed by atoms with Crippen LogP contribution in [0.5, 0.6) is 5.75 Å². The highest BCUT2D eigenvalue weighted by Crippen LogP contribution is 2.31.